The van der Waals surface area contributed by atoms with E-state index in [0.29, 0.717) is 12.5 Å². The van der Waals surface area contributed by atoms with Crippen molar-refractivity contribution in [3.63, 3.8) is 0 Å². The van der Waals surface area contributed by atoms with Crippen molar-refractivity contribution < 1.29 is 17.9 Å². The lowest BCUT2D eigenvalue weighted by atomic mass is 10.2. The van der Waals surface area contributed by atoms with Crippen molar-refractivity contribution in [1.82, 2.24) is 15.6 Å². The third-order valence-corrected chi connectivity index (χ3v) is 2.61. The summed E-state index contributed by atoms with van der Waals surface area (Å²) in [5.74, 6) is 0.247. The molecule has 0 amide bonds. The van der Waals surface area contributed by atoms with Crippen LogP contribution < -0.4 is 15.4 Å². The van der Waals surface area contributed by atoms with Gasteiger partial charge in [-0.3, -0.25) is 4.99 Å². The number of hydrogen-bond acceptors (Lipinski definition) is 5. The van der Waals surface area contributed by atoms with Gasteiger partial charge in [0.15, 0.2) is 5.96 Å². The van der Waals surface area contributed by atoms with Crippen molar-refractivity contribution in [3.8, 4) is 5.88 Å². The number of guanidine groups is 1. The summed E-state index contributed by atoms with van der Waals surface area (Å²) < 4.78 is 43.1. The van der Waals surface area contributed by atoms with Crippen LogP contribution in [-0.4, -0.2) is 37.2 Å². The molecule has 0 radical (unpaired) electrons. The quantitative estimate of drug-likeness (QED) is 0.583. The van der Waals surface area contributed by atoms with Gasteiger partial charge in [-0.2, -0.15) is 13.2 Å². The lowest BCUT2D eigenvalue weighted by molar-refractivity contribution is -0.139. The molecule has 2 rings (SSSR count). The summed E-state index contributed by atoms with van der Waals surface area (Å²) in [4.78, 5) is 7.79. The minimum absolute atomic E-state index is 0. The van der Waals surface area contributed by atoms with Gasteiger partial charge in [0, 0.05) is 19.3 Å². The third kappa shape index (κ3) is 5.56. The molecule has 5 nitrogen and oxygen atoms in total. The van der Waals surface area contributed by atoms with E-state index in [0.717, 1.165) is 25.6 Å². The summed E-state index contributed by atoms with van der Waals surface area (Å²) in [6, 6.07) is 2.18. The Labute approximate surface area is 137 Å². The van der Waals surface area contributed by atoms with E-state index < -0.39 is 17.6 Å². The van der Waals surface area contributed by atoms with E-state index in [-0.39, 0.29) is 30.6 Å². The summed E-state index contributed by atoms with van der Waals surface area (Å²) in [6.07, 6.45) is -2.22. The van der Waals surface area contributed by atoms with Crippen LogP contribution in [0.1, 0.15) is 12.0 Å². The summed E-state index contributed by atoms with van der Waals surface area (Å²) in [6.45, 7) is 2.00. The van der Waals surface area contributed by atoms with Crippen LogP contribution in [0.2, 0.25) is 0 Å². The number of ether oxygens (including phenoxy) is 1. The summed E-state index contributed by atoms with van der Waals surface area (Å²) in [5, 5.41) is 6.00. The van der Waals surface area contributed by atoms with E-state index in [1.54, 1.807) is 0 Å². The van der Waals surface area contributed by atoms with E-state index >= 15 is 0 Å². The van der Waals surface area contributed by atoms with Crippen LogP contribution >= 0.6 is 24.0 Å². The standard InChI is InChI=1S/C12H15F3N4O.HI/c13-12(14,15)9-3-1-4-16-10(9)20-8-7-19-11-17-5-2-6-18-11;/h1,3-4H,2,5-8H2,(H2,17,18,19);1H. The largest absolute Gasteiger partial charge is 0.475 e. The summed E-state index contributed by atoms with van der Waals surface area (Å²) in [7, 11) is 0. The molecule has 0 atom stereocenters. The maximum Gasteiger partial charge on any atom is 0.421 e. The predicted molar refractivity (Wildman–Crippen MR) is 83.1 cm³/mol. The van der Waals surface area contributed by atoms with E-state index in [2.05, 4.69) is 20.6 Å². The lowest BCUT2D eigenvalue weighted by Crippen LogP contribution is -2.42. The molecule has 9 heteroatoms. The number of alkyl halides is 3. The topological polar surface area (TPSA) is 58.5 Å². The summed E-state index contributed by atoms with van der Waals surface area (Å²) >= 11 is 0. The first-order chi connectivity index (χ1) is 9.57. The van der Waals surface area contributed by atoms with Crippen molar-refractivity contribution in [2.24, 2.45) is 4.99 Å². The van der Waals surface area contributed by atoms with Crippen molar-refractivity contribution in [3.05, 3.63) is 23.9 Å². The van der Waals surface area contributed by atoms with Gasteiger partial charge >= 0.3 is 6.18 Å². The Balaban J connectivity index is 0.00000220. The molecule has 0 saturated heterocycles. The highest BCUT2D eigenvalue weighted by molar-refractivity contribution is 14.0. The second-order valence-corrected chi connectivity index (χ2v) is 4.14. The Morgan fingerprint density at radius 2 is 2.19 bits per heavy atom. The molecule has 1 aromatic rings. The van der Waals surface area contributed by atoms with E-state index in [9.17, 15) is 13.2 Å². The van der Waals surface area contributed by atoms with Crippen LogP contribution in [0.25, 0.3) is 0 Å². The maximum absolute atomic E-state index is 12.7. The normalized spacial score (nSPS) is 14.5. The Bertz CT molecular complexity index is 482. The number of nitrogens with zero attached hydrogens (tertiary/aromatic N) is 2. The average Bonchev–Trinajstić information content (AvgIpc) is 2.44. The molecule has 0 aliphatic carbocycles. The summed E-state index contributed by atoms with van der Waals surface area (Å²) in [5.41, 5.74) is -0.867. The van der Waals surface area contributed by atoms with Gasteiger partial charge in [0.1, 0.15) is 12.2 Å². The molecule has 0 aromatic carbocycles. The molecule has 1 aliphatic rings. The first kappa shape index (κ1) is 17.8. The van der Waals surface area contributed by atoms with Gasteiger partial charge in [-0.25, -0.2) is 4.98 Å². The van der Waals surface area contributed by atoms with Crippen molar-refractivity contribution in [1.29, 1.82) is 0 Å². The van der Waals surface area contributed by atoms with Crippen LogP contribution in [-0.2, 0) is 6.18 Å². The van der Waals surface area contributed by atoms with Crippen LogP contribution in [0.4, 0.5) is 13.2 Å². The van der Waals surface area contributed by atoms with E-state index in [1.165, 1.54) is 12.3 Å². The minimum Gasteiger partial charge on any atom is -0.475 e. The van der Waals surface area contributed by atoms with E-state index in [1.807, 2.05) is 0 Å². The predicted octanol–water partition coefficient (Wildman–Crippen LogP) is 2.04. The SMILES string of the molecule is FC(F)(F)c1cccnc1OCCNC1=NCCCN1.I. The Morgan fingerprint density at radius 1 is 1.38 bits per heavy atom. The van der Waals surface area contributed by atoms with Gasteiger partial charge in [-0.1, -0.05) is 0 Å². The molecule has 0 spiro atoms. The van der Waals surface area contributed by atoms with Gasteiger partial charge in [0.25, 0.3) is 0 Å². The molecule has 0 saturated carbocycles. The molecule has 0 bridgehead atoms. The number of pyridine rings is 1. The van der Waals surface area contributed by atoms with Gasteiger partial charge < -0.3 is 15.4 Å². The highest BCUT2D eigenvalue weighted by Gasteiger charge is 2.34. The average molecular weight is 416 g/mol. The minimum atomic E-state index is -4.47. The fourth-order valence-corrected chi connectivity index (χ4v) is 1.69. The maximum atomic E-state index is 12.7. The van der Waals surface area contributed by atoms with Crippen LogP contribution in [0.15, 0.2) is 23.3 Å². The Hall–Kier alpha value is -1.26. The number of aromatic nitrogens is 1. The number of nitrogens with one attached hydrogen (secondary N) is 2. The van der Waals surface area contributed by atoms with Crippen molar-refractivity contribution >= 4 is 29.9 Å². The molecular formula is C12H16F3IN4O. The highest BCUT2D eigenvalue weighted by atomic mass is 127. The molecule has 0 unspecified atom stereocenters. The zero-order valence-electron chi connectivity index (χ0n) is 11.1. The molecule has 2 heterocycles. The van der Waals surface area contributed by atoms with Crippen LogP contribution in [0, 0.1) is 0 Å². The molecular weight excluding hydrogens is 400 g/mol. The molecule has 0 fully saturated rings. The second kappa shape index (κ2) is 8.25. The number of aliphatic imine (C=N–C) groups is 1. The monoisotopic (exact) mass is 416 g/mol. The fourth-order valence-electron chi connectivity index (χ4n) is 1.69. The lowest BCUT2D eigenvalue weighted by Gasteiger charge is -2.16. The van der Waals surface area contributed by atoms with Crippen molar-refractivity contribution in [2.75, 3.05) is 26.2 Å². The second-order valence-electron chi connectivity index (χ2n) is 4.14. The fraction of sp³-hybridized carbons (Fsp3) is 0.500. The van der Waals surface area contributed by atoms with Crippen LogP contribution in [0.5, 0.6) is 5.88 Å². The van der Waals surface area contributed by atoms with Gasteiger partial charge in [-0.15, -0.1) is 24.0 Å². The van der Waals surface area contributed by atoms with Gasteiger partial charge in [0.2, 0.25) is 5.88 Å². The molecule has 1 aromatic heterocycles. The Morgan fingerprint density at radius 3 is 2.86 bits per heavy atom. The zero-order chi connectivity index (χ0) is 14.4. The van der Waals surface area contributed by atoms with Crippen LogP contribution in [0.3, 0.4) is 0 Å². The van der Waals surface area contributed by atoms with Gasteiger partial charge in [-0.05, 0) is 18.6 Å². The smallest absolute Gasteiger partial charge is 0.421 e. The molecule has 2 N–H and O–H groups in total. The third-order valence-electron chi connectivity index (χ3n) is 2.61. The number of rotatable bonds is 4. The number of halogens is 4. The first-order valence-electron chi connectivity index (χ1n) is 6.24. The van der Waals surface area contributed by atoms with Gasteiger partial charge in [0.05, 0.1) is 6.54 Å². The zero-order valence-corrected chi connectivity index (χ0v) is 13.4. The van der Waals surface area contributed by atoms with Crippen molar-refractivity contribution in [2.45, 2.75) is 12.6 Å². The Kier molecular flexibility index (Phi) is 6.99. The van der Waals surface area contributed by atoms with E-state index in [4.69, 9.17) is 4.74 Å². The molecule has 21 heavy (non-hydrogen) atoms. The molecule has 1 aliphatic heterocycles. The highest BCUT2D eigenvalue weighted by Crippen LogP contribution is 2.34. The molecule has 118 valence electrons. The first-order valence-corrected chi connectivity index (χ1v) is 6.24. The number of hydrogen-bond donors (Lipinski definition) is 2.